The van der Waals surface area contributed by atoms with Crippen LogP contribution in [-0.4, -0.2) is 34.2 Å². The van der Waals surface area contributed by atoms with Gasteiger partial charge in [0.1, 0.15) is 5.82 Å². The number of anilines is 1. The van der Waals surface area contributed by atoms with Crippen LogP contribution in [0.5, 0.6) is 0 Å². The molecule has 142 valence electrons. The Morgan fingerprint density at radius 3 is 2.67 bits per heavy atom. The van der Waals surface area contributed by atoms with Crippen molar-refractivity contribution in [3.63, 3.8) is 0 Å². The fourth-order valence-corrected chi connectivity index (χ4v) is 3.60. The molecule has 3 rings (SSSR count). The van der Waals surface area contributed by atoms with E-state index in [9.17, 15) is 4.79 Å². The maximum absolute atomic E-state index is 12.4. The third-order valence-corrected chi connectivity index (χ3v) is 5.24. The summed E-state index contributed by atoms with van der Waals surface area (Å²) >= 11 is 1.68. The Balaban J connectivity index is 1.52. The van der Waals surface area contributed by atoms with Crippen LogP contribution in [0, 0.1) is 0 Å². The molecule has 2 heterocycles. The smallest absolute Gasteiger partial charge is 0.239 e. The van der Waals surface area contributed by atoms with Crippen molar-refractivity contribution in [3.8, 4) is 0 Å². The number of nitrogens with one attached hydrogen (secondary N) is 1. The van der Waals surface area contributed by atoms with Crippen LogP contribution in [-0.2, 0) is 17.9 Å². The largest absolute Gasteiger partial charge is 0.310 e. The molecule has 0 aliphatic rings. The van der Waals surface area contributed by atoms with Gasteiger partial charge in [0, 0.05) is 17.5 Å². The number of carbonyl (C=O) groups excluding carboxylic acids is 1. The lowest BCUT2D eigenvalue weighted by Gasteiger charge is -2.17. The summed E-state index contributed by atoms with van der Waals surface area (Å²) < 4.78 is 1.81. The van der Waals surface area contributed by atoms with E-state index in [4.69, 9.17) is 0 Å². The number of benzene rings is 1. The molecule has 0 bridgehead atoms. The molecular formula is C21H26N4OS. The zero-order chi connectivity index (χ0) is 19.2. The van der Waals surface area contributed by atoms with Crippen molar-refractivity contribution in [1.82, 2.24) is 14.7 Å². The molecule has 0 aliphatic heterocycles. The van der Waals surface area contributed by atoms with Crippen molar-refractivity contribution >= 4 is 23.1 Å². The second-order valence-corrected chi connectivity index (χ2v) is 8.10. The Morgan fingerprint density at radius 2 is 2.00 bits per heavy atom. The van der Waals surface area contributed by atoms with Crippen molar-refractivity contribution in [2.45, 2.75) is 32.9 Å². The highest BCUT2D eigenvalue weighted by molar-refractivity contribution is 7.09. The minimum Gasteiger partial charge on any atom is -0.310 e. The minimum absolute atomic E-state index is 0.0377. The number of aromatic nitrogens is 2. The van der Waals surface area contributed by atoms with Gasteiger partial charge >= 0.3 is 0 Å². The summed E-state index contributed by atoms with van der Waals surface area (Å²) in [5.74, 6) is 1.22. The average molecular weight is 383 g/mol. The molecule has 0 radical (unpaired) electrons. The summed E-state index contributed by atoms with van der Waals surface area (Å²) in [5.41, 5.74) is 2.54. The Bertz CT molecular complexity index is 853. The van der Waals surface area contributed by atoms with Gasteiger partial charge in [0.15, 0.2) is 0 Å². The highest BCUT2D eigenvalue weighted by atomic mass is 32.1. The SMILES string of the molecule is CC(C)c1ccc(CN(C)CC(=O)Nc2ccnn2Cc2cccs2)cc1. The van der Waals surface area contributed by atoms with Crippen LogP contribution in [0.3, 0.4) is 0 Å². The molecule has 1 N–H and O–H groups in total. The predicted octanol–water partition coefficient (Wildman–Crippen LogP) is 4.19. The molecule has 0 aliphatic carbocycles. The van der Waals surface area contributed by atoms with Crippen molar-refractivity contribution in [2.24, 2.45) is 0 Å². The van der Waals surface area contributed by atoms with E-state index in [1.165, 1.54) is 16.0 Å². The highest BCUT2D eigenvalue weighted by Crippen LogP contribution is 2.16. The van der Waals surface area contributed by atoms with Gasteiger partial charge in [-0.2, -0.15) is 5.10 Å². The normalized spacial score (nSPS) is 11.3. The summed E-state index contributed by atoms with van der Waals surface area (Å²) in [5, 5.41) is 9.32. The number of hydrogen-bond donors (Lipinski definition) is 1. The number of amides is 1. The highest BCUT2D eigenvalue weighted by Gasteiger charge is 2.11. The number of carbonyl (C=O) groups is 1. The summed E-state index contributed by atoms with van der Waals surface area (Å²) in [6.07, 6.45) is 1.71. The zero-order valence-corrected chi connectivity index (χ0v) is 16.9. The van der Waals surface area contributed by atoms with Gasteiger partial charge < -0.3 is 5.32 Å². The van der Waals surface area contributed by atoms with Gasteiger partial charge in [-0.25, -0.2) is 4.68 Å². The molecule has 1 amide bonds. The number of nitrogens with zero attached hydrogens (tertiary/aromatic N) is 3. The molecule has 5 nitrogen and oxygen atoms in total. The van der Waals surface area contributed by atoms with E-state index in [1.54, 1.807) is 17.5 Å². The maximum Gasteiger partial charge on any atom is 0.239 e. The molecule has 1 aromatic carbocycles. The second kappa shape index (κ2) is 8.97. The monoisotopic (exact) mass is 382 g/mol. The van der Waals surface area contributed by atoms with Crippen LogP contribution >= 0.6 is 11.3 Å². The first-order chi connectivity index (χ1) is 13.0. The molecule has 2 aromatic heterocycles. The zero-order valence-electron chi connectivity index (χ0n) is 16.1. The third-order valence-electron chi connectivity index (χ3n) is 4.38. The molecule has 6 heteroatoms. The van der Waals surface area contributed by atoms with E-state index in [0.29, 0.717) is 19.0 Å². The lowest BCUT2D eigenvalue weighted by molar-refractivity contribution is -0.117. The molecule has 0 saturated carbocycles. The standard InChI is InChI=1S/C21H26N4OS/c1-16(2)18-8-6-17(7-9-18)13-24(3)15-21(26)23-20-10-11-22-25(20)14-19-5-4-12-27-19/h4-12,16H,13-15H2,1-3H3,(H,23,26). The summed E-state index contributed by atoms with van der Waals surface area (Å²) in [7, 11) is 1.96. The first-order valence-corrected chi connectivity index (χ1v) is 10.0. The summed E-state index contributed by atoms with van der Waals surface area (Å²) in [6.45, 7) is 6.11. The summed E-state index contributed by atoms with van der Waals surface area (Å²) in [4.78, 5) is 15.6. The molecule has 27 heavy (non-hydrogen) atoms. The van der Waals surface area contributed by atoms with Crippen LogP contribution in [0.15, 0.2) is 54.0 Å². The van der Waals surface area contributed by atoms with Crippen LogP contribution in [0.25, 0.3) is 0 Å². The van der Waals surface area contributed by atoms with Crippen LogP contribution < -0.4 is 5.32 Å². The Morgan fingerprint density at radius 1 is 1.22 bits per heavy atom. The van der Waals surface area contributed by atoms with Gasteiger partial charge in [0.25, 0.3) is 0 Å². The van der Waals surface area contributed by atoms with E-state index < -0.39 is 0 Å². The van der Waals surface area contributed by atoms with Crippen molar-refractivity contribution in [2.75, 3.05) is 18.9 Å². The number of thiophene rings is 1. The first kappa shape index (κ1) is 19.3. The molecule has 0 spiro atoms. The number of hydrogen-bond acceptors (Lipinski definition) is 4. The molecule has 0 fully saturated rings. The molecule has 0 atom stereocenters. The Hall–Kier alpha value is -2.44. The maximum atomic E-state index is 12.4. The fraction of sp³-hybridized carbons (Fsp3) is 0.333. The fourth-order valence-electron chi connectivity index (χ4n) is 2.92. The lowest BCUT2D eigenvalue weighted by Crippen LogP contribution is -2.30. The number of likely N-dealkylation sites (N-methyl/N-ethyl adjacent to an activating group) is 1. The van der Waals surface area contributed by atoms with Gasteiger partial charge in [0.2, 0.25) is 5.91 Å². The lowest BCUT2D eigenvalue weighted by atomic mass is 10.0. The number of rotatable bonds is 8. The van der Waals surface area contributed by atoms with Crippen LogP contribution in [0.2, 0.25) is 0 Å². The first-order valence-electron chi connectivity index (χ1n) is 9.12. The van der Waals surface area contributed by atoms with E-state index in [-0.39, 0.29) is 5.91 Å². The molecule has 0 saturated heterocycles. The second-order valence-electron chi connectivity index (χ2n) is 7.07. The van der Waals surface area contributed by atoms with Crippen molar-refractivity contribution in [3.05, 3.63) is 70.0 Å². The van der Waals surface area contributed by atoms with Gasteiger partial charge in [0.05, 0.1) is 19.3 Å². The Labute approximate surface area is 164 Å². The van der Waals surface area contributed by atoms with Crippen molar-refractivity contribution in [1.29, 1.82) is 0 Å². The minimum atomic E-state index is -0.0377. The van der Waals surface area contributed by atoms with Gasteiger partial charge in [-0.15, -0.1) is 11.3 Å². The average Bonchev–Trinajstić information content (AvgIpc) is 3.28. The van der Waals surface area contributed by atoms with E-state index >= 15 is 0 Å². The molecular weight excluding hydrogens is 356 g/mol. The van der Waals surface area contributed by atoms with Gasteiger partial charge in [-0.1, -0.05) is 44.2 Å². The van der Waals surface area contributed by atoms with Crippen LogP contribution in [0.4, 0.5) is 5.82 Å². The Kier molecular flexibility index (Phi) is 6.42. The molecule has 3 aromatic rings. The van der Waals surface area contributed by atoms with E-state index in [1.807, 2.05) is 34.1 Å². The van der Waals surface area contributed by atoms with E-state index in [0.717, 1.165) is 12.4 Å². The van der Waals surface area contributed by atoms with Crippen molar-refractivity contribution < 1.29 is 4.79 Å². The van der Waals surface area contributed by atoms with Crippen LogP contribution in [0.1, 0.15) is 35.8 Å². The van der Waals surface area contributed by atoms with E-state index in [2.05, 4.69) is 54.6 Å². The molecule has 0 unspecified atom stereocenters. The third kappa shape index (κ3) is 5.52. The quantitative estimate of drug-likeness (QED) is 0.636. The topological polar surface area (TPSA) is 50.2 Å². The summed E-state index contributed by atoms with van der Waals surface area (Å²) in [6, 6.07) is 14.5. The van der Waals surface area contributed by atoms with Gasteiger partial charge in [-0.3, -0.25) is 9.69 Å². The predicted molar refractivity (Wildman–Crippen MR) is 111 cm³/mol. The van der Waals surface area contributed by atoms with Gasteiger partial charge in [-0.05, 0) is 35.5 Å².